The largest absolute Gasteiger partial charge is 0.309 e. The van der Waals surface area contributed by atoms with Crippen molar-refractivity contribution >= 4 is 21.8 Å². The molecule has 0 radical (unpaired) electrons. The van der Waals surface area contributed by atoms with Gasteiger partial charge in [-0.1, -0.05) is 122 Å². The van der Waals surface area contributed by atoms with Gasteiger partial charge in [-0.15, -0.1) is 0 Å². The molecule has 5 aromatic carbocycles. The summed E-state index contributed by atoms with van der Waals surface area (Å²) >= 11 is 0. The van der Waals surface area contributed by atoms with E-state index >= 15 is 0 Å². The summed E-state index contributed by atoms with van der Waals surface area (Å²) in [5.74, 6) is 0.507. The van der Waals surface area contributed by atoms with Gasteiger partial charge in [0.25, 0.3) is 0 Å². The number of benzene rings is 5. The van der Waals surface area contributed by atoms with E-state index in [2.05, 4.69) is 153 Å². The lowest BCUT2D eigenvalue weighted by molar-refractivity contribution is 0.761. The predicted molar refractivity (Wildman–Crippen MR) is 176 cm³/mol. The van der Waals surface area contributed by atoms with Crippen LogP contribution in [0.3, 0.4) is 0 Å². The Hall–Kier alpha value is -4.62. The van der Waals surface area contributed by atoms with E-state index in [1.807, 2.05) is 0 Å². The average molecular weight is 530 g/mol. The average Bonchev–Trinajstić information content (AvgIpc) is 3.36. The molecule has 0 aliphatic heterocycles. The Bertz CT molecular complexity index is 1910. The van der Waals surface area contributed by atoms with E-state index in [1.165, 1.54) is 72.0 Å². The van der Waals surface area contributed by atoms with Crippen molar-refractivity contribution < 1.29 is 0 Å². The first-order chi connectivity index (χ1) is 20.1. The van der Waals surface area contributed by atoms with Crippen LogP contribution in [0.5, 0.6) is 0 Å². The van der Waals surface area contributed by atoms with Crippen LogP contribution in [0.25, 0.3) is 49.7 Å². The Labute approximate surface area is 243 Å². The van der Waals surface area contributed by atoms with Gasteiger partial charge in [-0.05, 0) is 83.8 Å². The topological polar surface area (TPSA) is 4.93 Å². The third kappa shape index (κ3) is 4.33. The van der Waals surface area contributed by atoms with Crippen LogP contribution in [0.15, 0.2) is 133 Å². The molecule has 0 saturated carbocycles. The van der Waals surface area contributed by atoms with Crippen molar-refractivity contribution in [2.45, 2.75) is 39.5 Å². The second kappa shape index (κ2) is 10.4. The number of rotatable bonds is 5. The van der Waals surface area contributed by atoms with Crippen molar-refractivity contribution in [2.75, 3.05) is 0 Å². The summed E-state index contributed by atoms with van der Waals surface area (Å²) in [7, 11) is 0. The first-order valence-electron chi connectivity index (χ1n) is 14.8. The molecular formula is C40H35N. The molecule has 0 saturated heterocycles. The molecule has 0 fully saturated rings. The second-order valence-corrected chi connectivity index (χ2v) is 11.3. The molecule has 41 heavy (non-hydrogen) atoms. The monoisotopic (exact) mass is 529 g/mol. The molecule has 1 aliphatic carbocycles. The lowest BCUT2D eigenvalue weighted by Crippen LogP contribution is -2.03. The Morgan fingerprint density at radius 2 is 1.37 bits per heavy atom. The van der Waals surface area contributed by atoms with Crippen LogP contribution >= 0.6 is 0 Å². The van der Waals surface area contributed by atoms with Gasteiger partial charge in [-0.3, -0.25) is 0 Å². The zero-order valence-corrected chi connectivity index (χ0v) is 24.1. The first-order valence-corrected chi connectivity index (χ1v) is 14.8. The van der Waals surface area contributed by atoms with Crippen molar-refractivity contribution in [1.82, 2.24) is 4.57 Å². The molecule has 1 heteroatoms. The molecule has 0 amide bonds. The Morgan fingerprint density at radius 1 is 0.683 bits per heavy atom. The fourth-order valence-corrected chi connectivity index (χ4v) is 6.78. The summed E-state index contributed by atoms with van der Waals surface area (Å²) in [5.41, 5.74) is 14.4. The molecular weight excluding hydrogens is 494 g/mol. The molecule has 1 nitrogen and oxygen atoms in total. The van der Waals surface area contributed by atoms with Crippen molar-refractivity contribution in [2.24, 2.45) is 0 Å². The predicted octanol–water partition coefficient (Wildman–Crippen LogP) is 11.1. The number of hydrogen-bond donors (Lipinski definition) is 0. The van der Waals surface area contributed by atoms with Crippen LogP contribution in [0, 0.1) is 13.8 Å². The Kier molecular flexibility index (Phi) is 6.44. The summed E-state index contributed by atoms with van der Waals surface area (Å²) in [4.78, 5) is 0. The summed E-state index contributed by atoms with van der Waals surface area (Å²) in [6.07, 6.45) is 8.99. The summed E-state index contributed by atoms with van der Waals surface area (Å²) in [6, 6.07) is 40.4. The summed E-state index contributed by atoms with van der Waals surface area (Å²) in [5, 5.41) is 2.59. The van der Waals surface area contributed by atoms with Gasteiger partial charge in [0.15, 0.2) is 0 Å². The first kappa shape index (κ1) is 25.4. The molecule has 7 rings (SSSR count). The maximum absolute atomic E-state index is 2.43. The zero-order valence-electron chi connectivity index (χ0n) is 24.1. The quantitative estimate of drug-likeness (QED) is 0.209. The molecule has 1 atom stereocenters. The fraction of sp³-hybridized carbons (Fsp3) is 0.150. The highest BCUT2D eigenvalue weighted by Crippen LogP contribution is 2.38. The molecule has 1 heterocycles. The van der Waals surface area contributed by atoms with Gasteiger partial charge in [0.05, 0.1) is 11.0 Å². The lowest BCUT2D eigenvalue weighted by Gasteiger charge is -2.21. The minimum absolute atomic E-state index is 0.507. The normalized spacial score (nSPS) is 15.0. The van der Waals surface area contributed by atoms with E-state index < -0.39 is 0 Å². The number of aryl methyl sites for hydroxylation is 1. The maximum Gasteiger partial charge on any atom is 0.0541 e. The second-order valence-electron chi connectivity index (χ2n) is 11.3. The third-order valence-corrected chi connectivity index (χ3v) is 8.96. The molecule has 0 spiro atoms. The number of para-hydroxylation sites is 2. The van der Waals surface area contributed by atoms with Crippen LogP contribution in [-0.2, 0) is 0 Å². The standard InChI is InChI=1S/C40H35N/c1-4-29-12-5-6-13-35(29)31-22-20-30(21-23-31)32-24-25-33(27(2)26-32)34-16-11-19-38(28(34)3)41-39-17-9-7-14-36(39)37-15-8-10-18-40(37)41/h5-12,14-26,35H,4,13H2,1-3H3. The highest BCUT2D eigenvalue weighted by Gasteiger charge is 2.18. The molecule has 1 unspecified atom stereocenters. The van der Waals surface area contributed by atoms with Crippen molar-refractivity contribution in [3.63, 3.8) is 0 Å². The van der Waals surface area contributed by atoms with Crippen LogP contribution in [0.2, 0.25) is 0 Å². The van der Waals surface area contributed by atoms with E-state index in [1.54, 1.807) is 0 Å². The van der Waals surface area contributed by atoms with Crippen LogP contribution in [0.4, 0.5) is 0 Å². The number of nitrogens with zero attached hydrogens (tertiary/aromatic N) is 1. The molecule has 0 N–H and O–H groups in total. The van der Waals surface area contributed by atoms with Gasteiger partial charge < -0.3 is 4.57 Å². The van der Waals surface area contributed by atoms with Crippen LogP contribution in [0.1, 0.15) is 42.4 Å². The van der Waals surface area contributed by atoms with Gasteiger partial charge in [0.1, 0.15) is 0 Å². The maximum atomic E-state index is 2.43. The van der Waals surface area contributed by atoms with Crippen LogP contribution < -0.4 is 0 Å². The van der Waals surface area contributed by atoms with E-state index in [4.69, 9.17) is 0 Å². The van der Waals surface area contributed by atoms with E-state index in [0.717, 1.165) is 12.8 Å². The van der Waals surface area contributed by atoms with Crippen molar-refractivity contribution in [1.29, 1.82) is 0 Å². The smallest absolute Gasteiger partial charge is 0.0541 e. The lowest BCUT2D eigenvalue weighted by atomic mass is 9.83. The van der Waals surface area contributed by atoms with Gasteiger partial charge >= 0.3 is 0 Å². The van der Waals surface area contributed by atoms with Crippen LogP contribution in [-0.4, -0.2) is 4.57 Å². The van der Waals surface area contributed by atoms with Gasteiger partial charge in [-0.25, -0.2) is 0 Å². The van der Waals surface area contributed by atoms with E-state index in [-0.39, 0.29) is 0 Å². The molecule has 0 bridgehead atoms. The Balaban J connectivity index is 1.25. The van der Waals surface area contributed by atoms with Crippen molar-refractivity contribution in [3.8, 4) is 27.9 Å². The molecule has 1 aliphatic rings. The summed E-state index contributed by atoms with van der Waals surface area (Å²) < 4.78 is 2.43. The third-order valence-electron chi connectivity index (χ3n) is 8.96. The molecule has 200 valence electrons. The van der Waals surface area contributed by atoms with Gasteiger partial charge in [0, 0.05) is 22.4 Å². The number of fused-ring (bicyclic) bond motifs is 3. The highest BCUT2D eigenvalue weighted by atomic mass is 15.0. The fourth-order valence-electron chi connectivity index (χ4n) is 6.78. The number of aromatic nitrogens is 1. The highest BCUT2D eigenvalue weighted by molar-refractivity contribution is 6.09. The van der Waals surface area contributed by atoms with E-state index in [0.29, 0.717) is 5.92 Å². The minimum atomic E-state index is 0.507. The van der Waals surface area contributed by atoms with E-state index in [9.17, 15) is 0 Å². The zero-order chi connectivity index (χ0) is 27.9. The minimum Gasteiger partial charge on any atom is -0.309 e. The number of hydrogen-bond acceptors (Lipinski definition) is 0. The van der Waals surface area contributed by atoms with Crippen molar-refractivity contribution in [3.05, 3.63) is 150 Å². The van der Waals surface area contributed by atoms with Gasteiger partial charge in [0.2, 0.25) is 0 Å². The molecule has 6 aromatic rings. The van der Waals surface area contributed by atoms with Gasteiger partial charge in [-0.2, -0.15) is 0 Å². The Morgan fingerprint density at radius 3 is 2.05 bits per heavy atom. The molecule has 1 aromatic heterocycles. The summed E-state index contributed by atoms with van der Waals surface area (Å²) in [6.45, 7) is 6.77. The SMILES string of the molecule is CCC1=CC=CCC1c1ccc(-c2ccc(-c3cccc(-n4c5ccccc5c5ccccc54)c3C)c(C)c2)cc1. The number of allylic oxidation sites excluding steroid dienone is 4.